The Labute approximate surface area is 148 Å². The minimum absolute atomic E-state index is 0.149. The van der Waals surface area contributed by atoms with Crippen molar-refractivity contribution < 1.29 is 9.47 Å². The van der Waals surface area contributed by atoms with Crippen LogP contribution in [0.1, 0.15) is 22.9 Å². The zero-order valence-corrected chi connectivity index (χ0v) is 14.8. The molecule has 0 aliphatic carbocycles. The fraction of sp³-hybridized carbons (Fsp3) is 0.333. The molecule has 1 N–H and O–H groups in total. The van der Waals surface area contributed by atoms with Crippen molar-refractivity contribution in [2.45, 2.75) is 13.0 Å². The minimum atomic E-state index is 0.149. The molecule has 1 aliphatic heterocycles. The predicted octanol–water partition coefficient (Wildman–Crippen LogP) is 3.91. The summed E-state index contributed by atoms with van der Waals surface area (Å²) >= 11 is 0. The van der Waals surface area contributed by atoms with Crippen molar-refractivity contribution in [3.8, 4) is 5.75 Å². The summed E-state index contributed by atoms with van der Waals surface area (Å²) < 4.78 is 11.3. The first kappa shape index (κ1) is 16.2. The molecule has 1 aliphatic rings. The second-order valence-electron chi connectivity index (χ2n) is 6.50. The van der Waals surface area contributed by atoms with Gasteiger partial charge in [-0.05, 0) is 19.1 Å². The Hall–Kier alpha value is -2.30. The molecule has 25 heavy (non-hydrogen) atoms. The molecule has 1 saturated heterocycles. The first-order chi connectivity index (χ1) is 12.3. The van der Waals surface area contributed by atoms with Gasteiger partial charge in [-0.1, -0.05) is 36.4 Å². The molecule has 3 aromatic rings. The number of nitrogens with zero attached hydrogens (tertiary/aromatic N) is 1. The normalized spacial score (nSPS) is 16.9. The highest BCUT2D eigenvalue weighted by molar-refractivity contribution is 5.85. The highest BCUT2D eigenvalue weighted by atomic mass is 16.5. The van der Waals surface area contributed by atoms with Gasteiger partial charge in [0.15, 0.2) is 0 Å². The van der Waals surface area contributed by atoms with Gasteiger partial charge in [-0.15, -0.1) is 0 Å². The number of H-pyrrole nitrogens is 1. The third kappa shape index (κ3) is 2.92. The van der Waals surface area contributed by atoms with Crippen molar-refractivity contribution in [3.05, 3.63) is 65.4 Å². The maximum atomic E-state index is 5.70. The molecule has 0 bridgehead atoms. The lowest BCUT2D eigenvalue weighted by atomic mass is 9.93. The number of rotatable bonds is 4. The number of hydrogen-bond acceptors (Lipinski definition) is 3. The Morgan fingerprint density at radius 2 is 1.76 bits per heavy atom. The van der Waals surface area contributed by atoms with Gasteiger partial charge in [-0.25, -0.2) is 0 Å². The molecule has 0 amide bonds. The molecule has 2 aromatic carbocycles. The Morgan fingerprint density at radius 3 is 2.56 bits per heavy atom. The summed E-state index contributed by atoms with van der Waals surface area (Å²) in [7, 11) is 1.75. The highest BCUT2D eigenvalue weighted by Gasteiger charge is 2.30. The summed E-state index contributed by atoms with van der Waals surface area (Å²) in [6.07, 6.45) is 0. The van der Waals surface area contributed by atoms with E-state index in [0.29, 0.717) is 0 Å². The van der Waals surface area contributed by atoms with Crippen LogP contribution in [0.5, 0.6) is 5.75 Å². The van der Waals surface area contributed by atoms with Crippen LogP contribution in [0.4, 0.5) is 0 Å². The number of methoxy groups -OCH3 is 1. The van der Waals surface area contributed by atoms with Gasteiger partial charge in [0, 0.05) is 40.8 Å². The Balaban J connectivity index is 1.92. The van der Waals surface area contributed by atoms with E-state index in [1.54, 1.807) is 7.11 Å². The molecule has 2 heterocycles. The van der Waals surface area contributed by atoms with E-state index in [1.807, 2.05) is 12.1 Å². The number of benzene rings is 2. The van der Waals surface area contributed by atoms with E-state index in [2.05, 4.69) is 53.2 Å². The van der Waals surface area contributed by atoms with Crippen LogP contribution in [-0.4, -0.2) is 43.3 Å². The zero-order chi connectivity index (χ0) is 17.2. The molecular formula is C21H24N2O2. The predicted molar refractivity (Wildman–Crippen MR) is 100 cm³/mol. The van der Waals surface area contributed by atoms with E-state index in [4.69, 9.17) is 9.47 Å². The largest absolute Gasteiger partial charge is 0.496 e. The molecule has 4 heteroatoms. The third-order valence-corrected chi connectivity index (χ3v) is 5.06. The SMILES string of the molecule is COc1ccccc1C(c1c(C)[nH]c2ccccc12)N1CCOCC1. The van der Waals surface area contributed by atoms with Crippen molar-refractivity contribution in [2.75, 3.05) is 33.4 Å². The summed E-state index contributed by atoms with van der Waals surface area (Å²) in [5.41, 5.74) is 4.94. The molecule has 4 nitrogen and oxygen atoms in total. The second-order valence-corrected chi connectivity index (χ2v) is 6.50. The standard InChI is InChI=1S/C21H24N2O2/c1-15-20(16-7-3-5-9-18(16)22-15)21(23-11-13-25-14-12-23)17-8-4-6-10-19(17)24-2/h3-10,21-22H,11-14H2,1-2H3. The number of aromatic amines is 1. The molecule has 1 fully saturated rings. The van der Waals surface area contributed by atoms with Crippen molar-refractivity contribution in [1.29, 1.82) is 0 Å². The third-order valence-electron chi connectivity index (χ3n) is 5.06. The van der Waals surface area contributed by atoms with Gasteiger partial charge in [0.05, 0.1) is 26.4 Å². The first-order valence-electron chi connectivity index (χ1n) is 8.81. The lowest BCUT2D eigenvalue weighted by Gasteiger charge is -2.35. The smallest absolute Gasteiger partial charge is 0.123 e. The number of hydrogen-bond donors (Lipinski definition) is 1. The Morgan fingerprint density at radius 1 is 1.04 bits per heavy atom. The van der Waals surface area contributed by atoms with E-state index >= 15 is 0 Å². The van der Waals surface area contributed by atoms with Gasteiger partial charge in [-0.2, -0.15) is 0 Å². The summed E-state index contributed by atoms with van der Waals surface area (Å²) in [6, 6.07) is 17.0. The maximum Gasteiger partial charge on any atom is 0.123 e. The van der Waals surface area contributed by atoms with E-state index < -0.39 is 0 Å². The van der Waals surface area contributed by atoms with Gasteiger partial charge in [-0.3, -0.25) is 4.90 Å². The molecule has 0 spiro atoms. The Kier molecular flexibility index (Phi) is 4.47. The molecule has 130 valence electrons. The average Bonchev–Trinajstić information content (AvgIpc) is 2.99. The second kappa shape index (κ2) is 6.90. The van der Waals surface area contributed by atoms with Crippen LogP contribution in [0.15, 0.2) is 48.5 Å². The van der Waals surface area contributed by atoms with Gasteiger partial charge < -0.3 is 14.5 Å². The molecule has 0 radical (unpaired) electrons. The van der Waals surface area contributed by atoms with Crippen LogP contribution in [0.3, 0.4) is 0 Å². The van der Waals surface area contributed by atoms with Crippen LogP contribution in [0.25, 0.3) is 10.9 Å². The number of nitrogens with one attached hydrogen (secondary N) is 1. The number of aromatic nitrogens is 1. The van der Waals surface area contributed by atoms with E-state index in [9.17, 15) is 0 Å². The van der Waals surface area contributed by atoms with Gasteiger partial charge in [0.1, 0.15) is 5.75 Å². The number of ether oxygens (including phenoxy) is 2. The number of morpholine rings is 1. The van der Waals surface area contributed by atoms with Crippen LogP contribution in [-0.2, 0) is 4.74 Å². The molecule has 4 rings (SSSR count). The van der Waals surface area contributed by atoms with Crippen molar-refractivity contribution in [1.82, 2.24) is 9.88 Å². The summed E-state index contributed by atoms with van der Waals surface area (Å²) in [5.74, 6) is 0.934. The molecule has 1 aromatic heterocycles. The van der Waals surface area contributed by atoms with Gasteiger partial charge >= 0.3 is 0 Å². The van der Waals surface area contributed by atoms with Crippen molar-refractivity contribution >= 4 is 10.9 Å². The van der Waals surface area contributed by atoms with Crippen molar-refractivity contribution in [2.24, 2.45) is 0 Å². The summed E-state index contributed by atoms with van der Waals surface area (Å²) in [4.78, 5) is 6.06. The number of para-hydroxylation sites is 2. The van der Waals surface area contributed by atoms with Crippen molar-refractivity contribution in [3.63, 3.8) is 0 Å². The quantitative estimate of drug-likeness (QED) is 0.785. The number of fused-ring (bicyclic) bond motifs is 1. The monoisotopic (exact) mass is 336 g/mol. The fourth-order valence-electron chi connectivity index (χ4n) is 3.91. The summed E-state index contributed by atoms with van der Waals surface area (Å²) in [6.45, 7) is 5.54. The zero-order valence-electron chi connectivity index (χ0n) is 14.8. The maximum absolute atomic E-state index is 5.70. The van der Waals surface area contributed by atoms with Crippen LogP contribution < -0.4 is 4.74 Å². The molecular weight excluding hydrogens is 312 g/mol. The van der Waals surface area contributed by atoms with Gasteiger partial charge in [0.25, 0.3) is 0 Å². The van der Waals surface area contributed by atoms with E-state index in [1.165, 1.54) is 27.7 Å². The van der Waals surface area contributed by atoms with E-state index in [0.717, 1.165) is 32.1 Å². The molecule has 1 unspecified atom stereocenters. The highest BCUT2D eigenvalue weighted by Crippen LogP contribution is 2.39. The topological polar surface area (TPSA) is 37.5 Å². The van der Waals surface area contributed by atoms with Gasteiger partial charge in [0.2, 0.25) is 0 Å². The van der Waals surface area contributed by atoms with Crippen LogP contribution in [0, 0.1) is 6.92 Å². The Bertz CT molecular complexity index is 865. The molecule has 0 saturated carbocycles. The van der Waals surface area contributed by atoms with E-state index in [-0.39, 0.29) is 6.04 Å². The fourth-order valence-corrected chi connectivity index (χ4v) is 3.91. The lowest BCUT2D eigenvalue weighted by Crippen LogP contribution is -2.39. The number of aryl methyl sites for hydroxylation is 1. The molecule has 1 atom stereocenters. The van der Waals surface area contributed by atoms with Crippen LogP contribution in [0.2, 0.25) is 0 Å². The average molecular weight is 336 g/mol. The lowest BCUT2D eigenvalue weighted by molar-refractivity contribution is 0.0237. The van der Waals surface area contributed by atoms with Crippen LogP contribution >= 0.6 is 0 Å². The minimum Gasteiger partial charge on any atom is -0.496 e. The first-order valence-corrected chi connectivity index (χ1v) is 8.81. The summed E-state index contributed by atoms with van der Waals surface area (Å²) in [5, 5.41) is 1.28.